The van der Waals surface area contributed by atoms with Crippen molar-refractivity contribution in [2.75, 3.05) is 33.4 Å². The van der Waals surface area contributed by atoms with Crippen LogP contribution in [0.3, 0.4) is 0 Å². The number of amides is 4. The topological polar surface area (TPSA) is 178 Å². The van der Waals surface area contributed by atoms with Crippen molar-refractivity contribution < 1.29 is 38.5 Å². The van der Waals surface area contributed by atoms with Gasteiger partial charge in [0, 0.05) is 39.1 Å². The van der Waals surface area contributed by atoms with E-state index in [1.807, 2.05) is 33.8 Å². The van der Waals surface area contributed by atoms with Crippen LogP contribution in [0, 0.1) is 23.7 Å². The Morgan fingerprint density at radius 2 is 1.57 bits per heavy atom. The fourth-order valence-corrected chi connectivity index (χ4v) is 5.03. The van der Waals surface area contributed by atoms with Gasteiger partial charge < -0.3 is 41.0 Å². The molecular formula is C35H60N4O8. The van der Waals surface area contributed by atoms with Crippen LogP contribution in [0.25, 0.3) is 0 Å². The molecule has 1 aromatic carbocycles. The maximum atomic E-state index is 13.3. The van der Waals surface area contributed by atoms with Crippen molar-refractivity contribution in [3.63, 3.8) is 0 Å². The van der Waals surface area contributed by atoms with Gasteiger partial charge in [0.1, 0.15) is 11.4 Å². The second-order valence-corrected chi connectivity index (χ2v) is 13.8. The third-order valence-corrected chi connectivity index (χ3v) is 7.86. The van der Waals surface area contributed by atoms with Crippen LogP contribution in [-0.2, 0) is 19.1 Å². The molecule has 268 valence electrons. The van der Waals surface area contributed by atoms with Crippen LogP contribution in [-0.4, -0.2) is 80.1 Å². The summed E-state index contributed by atoms with van der Waals surface area (Å²) in [5, 5.41) is 20.2. The standard InChI is InChI=1S/C35H60N4O8/c1-23(2)25(22-38-32(42)26-14-9-10-15-30(26)46-19-12-11-18-45-8)20-28(39-34(44)47-35(5,6)7)29(40)21-27(24(3)4)33(43)37-17-13-16-31(36)41/h9-10,14-15,23-25,27-29,40H,11-13,16-22H2,1-8H3,(H2,36,41)(H,37,43)(H,38,42)(H,39,44)/t25-,27+,28+,29+/m1/s1. The van der Waals surface area contributed by atoms with Crippen molar-refractivity contribution in [2.24, 2.45) is 29.4 Å². The molecule has 0 saturated heterocycles. The molecule has 0 bridgehead atoms. The van der Waals surface area contributed by atoms with Crippen molar-refractivity contribution in [3.8, 4) is 5.75 Å². The summed E-state index contributed by atoms with van der Waals surface area (Å²) in [5.74, 6) is -1.19. The highest BCUT2D eigenvalue weighted by atomic mass is 16.6. The molecule has 12 nitrogen and oxygen atoms in total. The average molecular weight is 665 g/mol. The average Bonchev–Trinajstić information content (AvgIpc) is 2.97. The molecule has 1 rings (SSSR count). The molecule has 0 aliphatic rings. The third-order valence-electron chi connectivity index (χ3n) is 7.86. The number of unbranched alkanes of at least 4 members (excludes halogenated alkanes) is 1. The van der Waals surface area contributed by atoms with E-state index in [1.165, 1.54) is 0 Å². The third kappa shape index (κ3) is 17.4. The van der Waals surface area contributed by atoms with Crippen molar-refractivity contribution in [3.05, 3.63) is 29.8 Å². The largest absolute Gasteiger partial charge is 0.493 e. The number of carbonyl (C=O) groups excluding carboxylic acids is 4. The summed E-state index contributed by atoms with van der Waals surface area (Å²) in [6.45, 7) is 14.8. The van der Waals surface area contributed by atoms with Crippen molar-refractivity contribution in [1.29, 1.82) is 0 Å². The number of alkyl carbamates (subject to hydrolysis) is 1. The number of nitrogens with one attached hydrogen (secondary N) is 3. The molecule has 0 aromatic heterocycles. The van der Waals surface area contributed by atoms with E-state index in [2.05, 4.69) is 16.0 Å². The number of benzene rings is 1. The van der Waals surface area contributed by atoms with Crippen LogP contribution in [0.5, 0.6) is 5.75 Å². The summed E-state index contributed by atoms with van der Waals surface area (Å²) in [6, 6.07) is 6.31. The Labute approximate surface area is 281 Å². The number of aliphatic hydroxyl groups is 1. The molecule has 0 saturated carbocycles. The van der Waals surface area contributed by atoms with E-state index >= 15 is 0 Å². The Hall–Kier alpha value is -3.38. The molecule has 12 heteroatoms. The van der Waals surface area contributed by atoms with E-state index in [9.17, 15) is 24.3 Å². The number of rotatable bonds is 22. The molecule has 6 N–H and O–H groups in total. The molecule has 4 amide bonds. The van der Waals surface area contributed by atoms with Crippen LogP contribution >= 0.6 is 0 Å². The number of para-hydroxylation sites is 1. The van der Waals surface area contributed by atoms with Crippen LogP contribution in [0.4, 0.5) is 4.79 Å². The van der Waals surface area contributed by atoms with Gasteiger partial charge in [0.25, 0.3) is 5.91 Å². The van der Waals surface area contributed by atoms with E-state index in [1.54, 1.807) is 46.1 Å². The number of hydrogen-bond donors (Lipinski definition) is 5. The molecule has 0 aliphatic carbocycles. The lowest BCUT2D eigenvalue weighted by Gasteiger charge is -2.33. The minimum atomic E-state index is -1.09. The highest BCUT2D eigenvalue weighted by Gasteiger charge is 2.33. The smallest absolute Gasteiger partial charge is 0.407 e. The van der Waals surface area contributed by atoms with Crippen LogP contribution < -0.4 is 26.4 Å². The second kappa shape index (κ2) is 21.5. The SMILES string of the molecule is COCCCCOc1ccccc1C(=O)NC[C@@H](C[C@H](NC(=O)OC(C)(C)C)[C@@H](O)C[C@H](C(=O)NCCCC(N)=O)C(C)C)C(C)C. The summed E-state index contributed by atoms with van der Waals surface area (Å²) in [7, 11) is 1.65. The highest BCUT2D eigenvalue weighted by molar-refractivity contribution is 5.96. The first-order valence-electron chi connectivity index (χ1n) is 16.8. The van der Waals surface area contributed by atoms with E-state index in [0.29, 0.717) is 37.4 Å². The van der Waals surface area contributed by atoms with E-state index in [-0.39, 0.29) is 55.5 Å². The Morgan fingerprint density at radius 3 is 2.17 bits per heavy atom. The molecule has 0 fully saturated rings. The molecule has 47 heavy (non-hydrogen) atoms. The lowest BCUT2D eigenvalue weighted by atomic mass is 9.82. The minimum absolute atomic E-state index is 0.0761. The van der Waals surface area contributed by atoms with Gasteiger partial charge in [-0.3, -0.25) is 14.4 Å². The van der Waals surface area contributed by atoms with Crippen LogP contribution in [0.2, 0.25) is 0 Å². The van der Waals surface area contributed by atoms with Gasteiger partial charge in [0.2, 0.25) is 11.8 Å². The van der Waals surface area contributed by atoms with Crippen LogP contribution in [0.1, 0.15) is 97.3 Å². The molecule has 1 aromatic rings. The summed E-state index contributed by atoms with van der Waals surface area (Å²) in [5.41, 5.74) is 4.87. The number of hydrogen-bond acceptors (Lipinski definition) is 8. The predicted molar refractivity (Wildman–Crippen MR) is 182 cm³/mol. The number of primary amides is 1. The van der Waals surface area contributed by atoms with Gasteiger partial charge in [-0.1, -0.05) is 39.8 Å². The summed E-state index contributed by atoms with van der Waals surface area (Å²) < 4.78 is 16.5. The van der Waals surface area contributed by atoms with E-state index < -0.39 is 35.7 Å². The molecule has 0 aliphatic heterocycles. The van der Waals surface area contributed by atoms with E-state index in [4.69, 9.17) is 19.9 Å². The zero-order valence-corrected chi connectivity index (χ0v) is 29.7. The fraction of sp³-hybridized carbons (Fsp3) is 0.714. The first kappa shape index (κ1) is 41.6. The quantitative estimate of drug-likeness (QED) is 0.115. The lowest BCUT2D eigenvalue weighted by molar-refractivity contribution is -0.128. The maximum Gasteiger partial charge on any atom is 0.407 e. The number of aliphatic hydroxyl groups excluding tert-OH is 1. The highest BCUT2D eigenvalue weighted by Crippen LogP contribution is 2.25. The number of ether oxygens (including phenoxy) is 3. The second-order valence-electron chi connectivity index (χ2n) is 13.8. The minimum Gasteiger partial charge on any atom is -0.493 e. The zero-order chi connectivity index (χ0) is 35.6. The molecule has 0 unspecified atom stereocenters. The van der Waals surface area contributed by atoms with Gasteiger partial charge in [0.15, 0.2) is 0 Å². The first-order chi connectivity index (χ1) is 22.0. The monoisotopic (exact) mass is 664 g/mol. The molecule has 0 radical (unpaired) electrons. The predicted octanol–water partition coefficient (Wildman–Crippen LogP) is 4.18. The Balaban J connectivity index is 3.07. The lowest BCUT2D eigenvalue weighted by Crippen LogP contribution is -2.49. The summed E-state index contributed by atoms with van der Waals surface area (Å²) >= 11 is 0. The van der Waals surface area contributed by atoms with Crippen molar-refractivity contribution >= 4 is 23.8 Å². The van der Waals surface area contributed by atoms with Crippen molar-refractivity contribution in [1.82, 2.24) is 16.0 Å². The van der Waals surface area contributed by atoms with Crippen LogP contribution in [0.15, 0.2) is 24.3 Å². The van der Waals surface area contributed by atoms with E-state index in [0.717, 1.165) is 12.8 Å². The van der Waals surface area contributed by atoms with Gasteiger partial charge >= 0.3 is 6.09 Å². The maximum absolute atomic E-state index is 13.3. The Bertz CT molecular complexity index is 1110. The zero-order valence-electron chi connectivity index (χ0n) is 29.7. The van der Waals surface area contributed by atoms with Gasteiger partial charge in [-0.15, -0.1) is 0 Å². The molecule has 0 heterocycles. The number of carbonyl (C=O) groups is 4. The number of methoxy groups -OCH3 is 1. The van der Waals surface area contributed by atoms with Crippen molar-refractivity contribution in [2.45, 2.75) is 105 Å². The molecular weight excluding hydrogens is 604 g/mol. The normalized spacial score (nSPS) is 14.2. The molecule has 4 atom stereocenters. The first-order valence-corrected chi connectivity index (χ1v) is 16.8. The Morgan fingerprint density at radius 1 is 0.915 bits per heavy atom. The fourth-order valence-electron chi connectivity index (χ4n) is 5.03. The Kier molecular flexibility index (Phi) is 19.0. The van der Waals surface area contributed by atoms with Gasteiger partial charge in [-0.25, -0.2) is 4.79 Å². The summed E-state index contributed by atoms with van der Waals surface area (Å²) in [4.78, 5) is 50.3. The van der Waals surface area contributed by atoms with Gasteiger partial charge in [0.05, 0.1) is 24.3 Å². The summed E-state index contributed by atoms with van der Waals surface area (Å²) in [6.07, 6.45) is 0.874. The van der Waals surface area contributed by atoms with Gasteiger partial charge in [-0.05, 0) is 82.8 Å². The van der Waals surface area contributed by atoms with Gasteiger partial charge in [-0.2, -0.15) is 0 Å². The number of nitrogens with two attached hydrogens (primary N) is 1. The molecule has 0 spiro atoms.